The molecule has 0 aromatic carbocycles. The maximum Gasteiger partial charge on any atom is 0.250 e. The fourth-order valence-electron chi connectivity index (χ4n) is 2.56. The molecule has 0 aliphatic rings. The SMILES string of the molecule is CC(C)(C)CC(C)(C)NS(=O)(=O)c1ccc(CCN)s1. The Morgan fingerprint density at radius 1 is 1.20 bits per heavy atom. The Kier molecular flexibility index (Phi) is 5.40. The Hall–Kier alpha value is -0.430. The molecule has 20 heavy (non-hydrogen) atoms. The van der Waals surface area contributed by atoms with Crippen LogP contribution in [-0.4, -0.2) is 20.5 Å². The Morgan fingerprint density at radius 3 is 2.30 bits per heavy atom. The van der Waals surface area contributed by atoms with Crippen LogP contribution in [0.4, 0.5) is 0 Å². The van der Waals surface area contributed by atoms with Gasteiger partial charge in [-0.1, -0.05) is 20.8 Å². The summed E-state index contributed by atoms with van der Waals surface area (Å²) in [5.74, 6) is 0. The quantitative estimate of drug-likeness (QED) is 0.847. The zero-order valence-corrected chi connectivity index (χ0v) is 14.6. The van der Waals surface area contributed by atoms with E-state index in [1.54, 1.807) is 6.07 Å². The van der Waals surface area contributed by atoms with E-state index in [1.165, 1.54) is 11.3 Å². The standard InChI is InChI=1S/C14H26N2O2S2/c1-13(2,3)10-14(4,5)16-20(17,18)12-7-6-11(19-12)8-9-15/h6-7,16H,8-10,15H2,1-5H3. The molecule has 1 rings (SSSR count). The van der Waals surface area contributed by atoms with Crippen LogP contribution in [0.25, 0.3) is 0 Å². The molecule has 1 aromatic rings. The van der Waals surface area contributed by atoms with Crippen molar-refractivity contribution >= 4 is 21.4 Å². The van der Waals surface area contributed by atoms with Gasteiger partial charge in [0.2, 0.25) is 0 Å². The van der Waals surface area contributed by atoms with E-state index in [4.69, 9.17) is 5.73 Å². The molecular weight excluding hydrogens is 292 g/mol. The summed E-state index contributed by atoms with van der Waals surface area (Å²) in [7, 11) is -3.46. The van der Waals surface area contributed by atoms with Crippen molar-refractivity contribution in [2.75, 3.05) is 6.54 Å². The van der Waals surface area contributed by atoms with Crippen LogP contribution in [0, 0.1) is 5.41 Å². The van der Waals surface area contributed by atoms with E-state index in [9.17, 15) is 8.42 Å². The third kappa shape index (κ3) is 5.52. The Morgan fingerprint density at radius 2 is 1.80 bits per heavy atom. The molecule has 0 aliphatic heterocycles. The van der Waals surface area contributed by atoms with E-state index in [2.05, 4.69) is 25.5 Å². The number of hydrogen-bond acceptors (Lipinski definition) is 4. The minimum atomic E-state index is -3.46. The van der Waals surface area contributed by atoms with Gasteiger partial charge in [-0.2, -0.15) is 0 Å². The van der Waals surface area contributed by atoms with E-state index >= 15 is 0 Å². The average Bonchev–Trinajstić information content (AvgIpc) is 2.61. The van der Waals surface area contributed by atoms with Crippen LogP contribution in [0.3, 0.4) is 0 Å². The Labute approximate surface area is 126 Å². The fourth-order valence-corrected chi connectivity index (χ4v) is 5.34. The highest BCUT2D eigenvalue weighted by atomic mass is 32.2. The first-order chi connectivity index (χ1) is 8.95. The lowest BCUT2D eigenvalue weighted by Crippen LogP contribution is -2.45. The lowest BCUT2D eigenvalue weighted by Gasteiger charge is -2.32. The number of thiophene rings is 1. The van der Waals surface area contributed by atoms with E-state index in [1.807, 2.05) is 19.9 Å². The van der Waals surface area contributed by atoms with Gasteiger partial charge in [0.05, 0.1) is 0 Å². The van der Waals surface area contributed by atoms with E-state index in [0.717, 1.165) is 11.3 Å². The molecule has 0 aliphatic carbocycles. The maximum atomic E-state index is 12.4. The van der Waals surface area contributed by atoms with Crippen molar-refractivity contribution in [2.24, 2.45) is 11.1 Å². The first-order valence-electron chi connectivity index (χ1n) is 6.78. The predicted octanol–water partition coefficient (Wildman–Crippen LogP) is 2.74. The van der Waals surface area contributed by atoms with Gasteiger partial charge in [-0.15, -0.1) is 11.3 Å². The van der Waals surface area contributed by atoms with Crippen LogP contribution in [-0.2, 0) is 16.4 Å². The molecule has 116 valence electrons. The third-order valence-electron chi connectivity index (χ3n) is 2.68. The summed E-state index contributed by atoms with van der Waals surface area (Å²) in [4.78, 5) is 1.00. The van der Waals surface area contributed by atoms with Crippen molar-refractivity contribution in [3.05, 3.63) is 17.0 Å². The lowest BCUT2D eigenvalue weighted by molar-refractivity contribution is 0.269. The molecule has 0 saturated carbocycles. The molecule has 0 saturated heterocycles. The second-order valence-electron chi connectivity index (χ2n) is 6.99. The summed E-state index contributed by atoms with van der Waals surface area (Å²) in [5, 5.41) is 0. The molecule has 0 amide bonds. The summed E-state index contributed by atoms with van der Waals surface area (Å²) in [6, 6.07) is 3.49. The zero-order chi connectivity index (χ0) is 15.6. The number of rotatable bonds is 6. The smallest absolute Gasteiger partial charge is 0.250 e. The van der Waals surface area contributed by atoms with Crippen LogP contribution >= 0.6 is 11.3 Å². The third-order valence-corrected chi connectivity index (χ3v) is 6.01. The molecule has 0 bridgehead atoms. The first kappa shape index (κ1) is 17.6. The van der Waals surface area contributed by atoms with Gasteiger partial charge < -0.3 is 5.73 Å². The second kappa shape index (κ2) is 6.13. The van der Waals surface area contributed by atoms with Gasteiger partial charge in [0.1, 0.15) is 4.21 Å². The van der Waals surface area contributed by atoms with E-state index in [-0.39, 0.29) is 5.41 Å². The van der Waals surface area contributed by atoms with Crippen LogP contribution in [0.1, 0.15) is 45.9 Å². The summed E-state index contributed by atoms with van der Waals surface area (Å²) >= 11 is 1.29. The van der Waals surface area contributed by atoms with Gasteiger partial charge in [-0.05, 0) is 50.8 Å². The minimum Gasteiger partial charge on any atom is -0.330 e. The highest BCUT2D eigenvalue weighted by Crippen LogP contribution is 2.29. The van der Waals surface area contributed by atoms with Crippen molar-refractivity contribution in [1.29, 1.82) is 0 Å². The zero-order valence-electron chi connectivity index (χ0n) is 13.0. The van der Waals surface area contributed by atoms with Gasteiger partial charge >= 0.3 is 0 Å². The molecule has 6 heteroatoms. The molecule has 0 unspecified atom stereocenters. The fraction of sp³-hybridized carbons (Fsp3) is 0.714. The highest BCUT2D eigenvalue weighted by Gasteiger charge is 2.31. The molecule has 0 spiro atoms. The van der Waals surface area contributed by atoms with Gasteiger partial charge in [0.25, 0.3) is 10.0 Å². The van der Waals surface area contributed by atoms with Crippen molar-refractivity contribution in [2.45, 2.75) is 57.2 Å². The molecule has 4 nitrogen and oxygen atoms in total. The normalized spacial score (nSPS) is 13.7. The Balaban J connectivity index is 2.88. The largest absolute Gasteiger partial charge is 0.330 e. The number of hydrogen-bond donors (Lipinski definition) is 2. The van der Waals surface area contributed by atoms with Crippen molar-refractivity contribution in [3.63, 3.8) is 0 Å². The van der Waals surface area contributed by atoms with Crippen LogP contribution in [0.5, 0.6) is 0 Å². The van der Waals surface area contributed by atoms with Crippen LogP contribution in [0.15, 0.2) is 16.3 Å². The molecule has 3 N–H and O–H groups in total. The van der Waals surface area contributed by atoms with E-state index in [0.29, 0.717) is 17.2 Å². The average molecular weight is 319 g/mol. The molecule has 1 heterocycles. The second-order valence-corrected chi connectivity index (χ2v) is 10.1. The summed E-state index contributed by atoms with van der Waals surface area (Å²) in [6.07, 6.45) is 1.48. The van der Waals surface area contributed by atoms with Crippen LogP contribution in [0.2, 0.25) is 0 Å². The highest BCUT2D eigenvalue weighted by molar-refractivity contribution is 7.91. The number of nitrogens with one attached hydrogen (secondary N) is 1. The summed E-state index contributed by atoms with van der Waals surface area (Å²) < 4.78 is 28.0. The van der Waals surface area contributed by atoms with Crippen molar-refractivity contribution in [3.8, 4) is 0 Å². The van der Waals surface area contributed by atoms with Crippen molar-refractivity contribution in [1.82, 2.24) is 4.72 Å². The molecular formula is C14H26N2O2S2. The topological polar surface area (TPSA) is 72.2 Å². The summed E-state index contributed by atoms with van der Waals surface area (Å²) in [5.41, 5.74) is 5.08. The van der Waals surface area contributed by atoms with Crippen molar-refractivity contribution < 1.29 is 8.42 Å². The first-order valence-corrected chi connectivity index (χ1v) is 9.08. The monoisotopic (exact) mass is 318 g/mol. The maximum absolute atomic E-state index is 12.4. The predicted molar refractivity (Wildman–Crippen MR) is 85.5 cm³/mol. The molecule has 1 aromatic heterocycles. The van der Waals surface area contributed by atoms with Gasteiger partial charge in [0.15, 0.2) is 0 Å². The number of sulfonamides is 1. The van der Waals surface area contributed by atoms with E-state index < -0.39 is 15.6 Å². The minimum absolute atomic E-state index is 0.0617. The molecule has 0 radical (unpaired) electrons. The summed E-state index contributed by atoms with van der Waals surface area (Å²) in [6.45, 7) is 10.7. The van der Waals surface area contributed by atoms with Gasteiger partial charge in [-0.3, -0.25) is 0 Å². The molecule has 0 atom stereocenters. The lowest BCUT2D eigenvalue weighted by atomic mass is 9.82. The van der Waals surface area contributed by atoms with Gasteiger partial charge in [0, 0.05) is 10.4 Å². The molecule has 0 fully saturated rings. The Bertz CT molecular complexity index is 540. The van der Waals surface area contributed by atoms with Crippen LogP contribution < -0.4 is 10.5 Å². The number of nitrogens with two attached hydrogens (primary N) is 1. The van der Waals surface area contributed by atoms with Gasteiger partial charge in [-0.25, -0.2) is 13.1 Å².